The van der Waals surface area contributed by atoms with Crippen LogP contribution in [-0.4, -0.2) is 9.55 Å². The van der Waals surface area contributed by atoms with Crippen LogP contribution in [0.4, 0.5) is 5.95 Å². The summed E-state index contributed by atoms with van der Waals surface area (Å²) in [4.78, 5) is 5.43. The molecule has 0 aromatic carbocycles. The first-order valence-electron chi connectivity index (χ1n) is 4.89. The van der Waals surface area contributed by atoms with E-state index in [1.54, 1.807) is 17.5 Å². The predicted octanol–water partition coefficient (Wildman–Crippen LogP) is 3.40. The fourth-order valence-corrected chi connectivity index (χ4v) is 2.40. The number of nitrogens with one attached hydrogen (secondary N) is 1. The Morgan fingerprint density at radius 3 is 3.12 bits per heavy atom. The van der Waals surface area contributed by atoms with E-state index in [0.29, 0.717) is 0 Å². The van der Waals surface area contributed by atoms with E-state index in [-0.39, 0.29) is 0 Å². The number of anilines is 1. The lowest BCUT2D eigenvalue weighted by Gasteiger charge is -2.06. The number of aromatic nitrogens is 2. The van der Waals surface area contributed by atoms with Gasteiger partial charge in [0, 0.05) is 23.8 Å². The Bertz CT molecular complexity index is 475. The monoisotopic (exact) mass is 253 g/mol. The molecule has 0 aliphatic carbocycles. The molecular weight excluding hydrogens is 242 g/mol. The first-order valence-corrected chi connectivity index (χ1v) is 6.09. The summed E-state index contributed by atoms with van der Waals surface area (Å²) in [5.41, 5.74) is 0. The van der Waals surface area contributed by atoms with Crippen molar-refractivity contribution in [3.8, 4) is 0 Å². The van der Waals surface area contributed by atoms with Crippen LogP contribution < -0.4 is 5.32 Å². The van der Waals surface area contributed by atoms with E-state index in [9.17, 15) is 0 Å². The molecule has 0 fully saturated rings. The van der Waals surface area contributed by atoms with Crippen LogP contribution in [-0.2, 0) is 13.1 Å². The van der Waals surface area contributed by atoms with Gasteiger partial charge in [-0.15, -0.1) is 17.9 Å². The topological polar surface area (TPSA) is 29.9 Å². The van der Waals surface area contributed by atoms with Crippen molar-refractivity contribution in [2.75, 3.05) is 5.32 Å². The minimum atomic E-state index is 0.742. The molecule has 0 saturated heterocycles. The van der Waals surface area contributed by atoms with E-state index >= 15 is 0 Å². The van der Waals surface area contributed by atoms with Gasteiger partial charge in [-0.05, 0) is 12.1 Å². The third-order valence-corrected chi connectivity index (χ3v) is 3.32. The lowest BCUT2D eigenvalue weighted by Crippen LogP contribution is -2.05. The third kappa shape index (κ3) is 2.65. The molecule has 16 heavy (non-hydrogen) atoms. The highest BCUT2D eigenvalue weighted by molar-refractivity contribution is 7.16. The largest absolute Gasteiger partial charge is 0.351 e. The van der Waals surface area contributed by atoms with Gasteiger partial charge in [0.05, 0.1) is 10.9 Å². The van der Waals surface area contributed by atoms with Crippen molar-refractivity contribution < 1.29 is 0 Å². The molecule has 0 spiro atoms. The van der Waals surface area contributed by atoms with Gasteiger partial charge < -0.3 is 9.88 Å². The molecule has 0 bridgehead atoms. The molecule has 0 radical (unpaired) electrons. The van der Waals surface area contributed by atoms with Crippen LogP contribution in [0.15, 0.2) is 37.2 Å². The molecule has 2 aromatic heterocycles. The lowest BCUT2D eigenvalue weighted by molar-refractivity contribution is 0.821. The number of thiophene rings is 1. The van der Waals surface area contributed by atoms with E-state index in [2.05, 4.69) is 16.9 Å². The first-order chi connectivity index (χ1) is 7.79. The van der Waals surface area contributed by atoms with Crippen LogP contribution in [0.3, 0.4) is 0 Å². The molecule has 0 atom stereocenters. The van der Waals surface area contributed by atoms with Crippen LogP contribution in [0.2, 0.25) is 4.34 Å². The third-order valence-electron chi connectivity index (χ3n) is 2.09. The van der Waals surface area contributed by atoms with Gasteiger partial charge in [0.1, 0.15) is 0 Å². The summed E-state index contributed by atoms with van der Waals surface area (Å²) in [6, 6.07) is 3.92. The van der Waals surface area contributed by atoms with Crippen molar-refractivity contribution in [1.29, 1.82) is 0 Å². The van der Waals surface area contributed by atoms with Gasteiger partial charge in [-0.3, -0.25) is 0 Å². The van der Waals surface area contributed by atoms with Gasteiger partial charge >= 0.3 is 0 Å². The SMILES string of the molecule is C=CCn1ccnc1NCc1ccc(Cl)s1. The standard InChI is InChI=1S/C11H12ClN3S/c1-2-6-15-7-5-13-11(15)14-8-9-3-4-10(12)16-9/h2-5,7H,1,6,8H2,(H,13,14). The van der Waals surface area contributed by atoms with Crippen molar-refractivity contribution in [2.45, 2.75) is 13.1 Å². The number of allylic oxidation sites excluding steroid dienone is 1. The molecule has 2 aromatic rings. The fourth-order valence-electron chi connectivity index (χ4n) is 1.38. The fraction of sp³-hybridized carbons (Fsp3) is 0.182. The van der Waals surface area contributed by atoms with Gasteiger partial charge in [0.2, 0.25) is 5.95 Å². The Morgan fingerprint density at radius 1 is 1.56 bits per heavy atom. The summed E-state index contributed by atoms with van der Waals surface area (Å²) in [6.07, 6.45) is 5.54. The summed E-state index contributed by atoms with van der Waals surface area (Å²) in [5.74, 6) is 0.851. The summed E-state index contributed by atoms with van der Waals surface area (Å²) < 4.78 is 2.81. The van der Waals surface area contributed by atoms with Crippen molar-refractivity contribution >= 4 is 28.9 Å². The highest BCUT2D eigenvalue weighted by Crippen LogP contribution is 2.22. The van der Waals surface area contributed by atoms with Crippen LogP contribution in [0.25, 0.3) is 0 Å². The summed E-state index contributed by atoms with van der Waals surface area (Å²) in [5, 5.41) is 3.26. The second-order valence-electron chi connectivity index (χ2n) is 3.25. The zero-order valence-electron chi connectivity index (χ0n) is 8.69. The molecule has 0 amide bonds. The molecule has 2 heterocycles. The first kappa shape index (κ1) is 11.2. The highest BCUT2D eigenvalue weighted by atomic mass is 35.5. The van der Waals surface area contributed by atoms with Crippen molar-refractivity contribution in [3.63, 3.8) is 0 Å². The summed E-state index contributed by atoms with van der Waals surface area (Å²) >= 11 is 7.43. The van der Waals surface area contributed by atoms with Crippen LogP contribution in [0.1, 0.15) is 4.88 Å². The molecule has 5 heteroatoms. The molecule has 0 unspecified atom stereocenters. The zero-order chi connectivity index (χ0) is 11.4. The average Bonchev–Trinajstić information content (AvgIpc) is 2.85. The molecule has 2 rings (SSSR count). The number of hydrogen-bond acceptors (Lipinski definition) is 3. The maximum atomic E-state index is 5.86. The Balaban J connectivity index is 1.98. The molecule has 0 aliphatic heterocycles. The van der Waals surface area contributed by atoms with E-state index in [1.807, 2.05) is 29.0 Å². The zero-order valence-corrected chi connectivity index (χ0v) is 10.3. The van der Waals surface area contributed by atoms with Gasteiger partial charge in [-0.2, -0.15) is 0 Å². The number of imidazole rings is 1. The van der Waals surface area contributed by atoms with Gasteiger partial charge in [-0.1, -0.05) is 17.7 Å². The number of nitrogens with zero attached hydrogens (tertiary/aromatic N) is 2. The van der Waals surface area contributed by atoms with Crippen molar-refractivity contribution in [3.05, 3.63) is 46.4 Å². The maximum absolute atomic E-state index is 5.86. The molecule has 1 N–H and O–H groups in total. The summed E-state index contributed by atoms with van der Waals surface area (Å²) in [7, 11) is 0. The number of hydrogen-bond donors (Lipinski definition) is 1. The van der Waals surface area contributed by atoms with Gasteiger partial charge in [0.25, 0.3) is 0 Å². The van der Waals surface area contributed by atoms with E-state index < -0.39 is 0 Å². The Labute approximate surface area is 103 Å². The average molecular weight is 254 g/mol. The van der Waals surface area contributed by atoms with Crippen molar-refractivity contribution in [2.24, 2.45) is 0 Å². The Morgan fingerprint density at radius 2 is 2.44 bits per heavy atom. The molecular formula is C11H12ClN3S. The second kappa shape index (κ2) is 5.18. The van der Waals surface area contributed by atoms with Crippen LogP contribution in [0, 0.1) is 0 Å². The second-order valence-corrected chi connectivity index (χ2v) is 5.05. The minimum absolute atomic E-state index is 0.742. The molecule has 3 nitrogen and oxygen atoms in total. The van der Waals surface area contributed by atoms with E-state index in [0.717, 1.165) is 23.4 Å². The minimum Gasteiger partial charge on any atom is -0.351 e. The van der Waals surface area contributed by atoms with E-state index in [4.69, 9.17) is 11.6 Å². The normalized spacial score (nSPS) is 10.3. The Hall–Kier alpha value is -1.26. The highest BCUT2D eigenvalue weighted by Gasteiger charge is 2.02. The summed E-state index contributed by atoms with van der Waals surface area (Å²) in [6.45, 7) is 5.21. The lowest BCUT2D eigenvalue weighted by atomic mass is 10.5. The molecule has 84 valence electrons. The number of rotatable bonds is 5. The van der Waals surface area contributed by atoms with Crippen LogP contribution in [0.5, 0.6) is 0 Å². The van der Waals surface area contributed by atoms with Gasteiger partial charge in [-0.25, -0.2) is 4.98 Å². The maximum Gasteiger partial charge on any atom is 0.203 e. The van der Waals surface area contributed by atoms with Crippen molar-refractivity contribution in [1.82, 2.24) is 9.55 Å². The predicted molar refractivity (Wildman–Crippen MR) is 69.1 cm³/mol. The smallest absolute Gasteiger partial charge is 0.203 e. The van der Waals surface area contributed by atoms with Gasteiger partial charge in [0.15, 0.2) is 0 Å². The Kier molecular flexibility index (Phi) is 3.64. The molecule has 0 aliphatic rings. The number of halogens is 1. The van der Waals surface area contributed by atoms with E-state index in [1.165, 1.54) is 4.88 Å². The van der Waals surface area contributed by atoms with Crippen LogP contribution >= 0.6 is 22.9 Å². The molecule has 0 saturated carbocycles. The quantitative estimate of drug-likeness (QED) is 0.828.